The van der Waals surface area contributed by atoms with Crippen molar-refractivity contribution in [2.45, 2.75) is 26.3 Å². The molecule has 7 nitrogen and oxygen atoms in total. The third-order valence-corrected chi connectivity index (χ3v) is 3.71. The maximum atomic E-state index is 12.4. The molecule has 0 aliphatic rings. The van der Waals surface area contributed by atoms with Crippen LogP contribution in [0.15, 0.2) is 24.5 Å². The SMILES string of the molecule is CC(C)CC(NC(=O)c1ccc(Cl)cc1Cl)C(=O)Nc1ncn[nH]1. The van der Waals surface area contributed by atoms with Gasteiger partial charge in [0.05, 0.1) is 10.6 Å². The van der Waals surface area contributed by atoms with Crippen molar-refractivity contribution in [3.05, 3.63) is 40.1 Å². The molecule has 0 bridgehead atoms. The molecule has 128 valence electrons. The van der Waals surface area contributed by atoms with Gasteiger partial charge in [0, 0.05) is 5.02 Å². The topological polar surface area (TPSA) is 99.8 Å². The van der Waals surface area contributed by atoms with Crippen molar-refractivity contribution in [3.63, 3.8) is 0 Å². The summed E-state index contributed by atoms with van der Waals surface area (Å²) in [6, 6.07) is 3.81. The summed E-state index contributed by atoms with van der Waals surface area (Å²) in [5.74, 6) is -0.432. The number of halogens is 2. The van der Waals surface area contributed by atoms with Crippen LogP contribution in [0.25, 0.3) is 0 Å². The molecule has 0 aliphatic heterocycles. The number of hydrogen-bond donors (Lipinski definition) is 3. The Morgan fingerprint density at radius 3 is 2.62 bits per heavy atom. The molecule has 1 heterocycles. The minimum absolute atomic E-state index is 0.191. The fraction of sp³-hybridized carbons (Fsp3) is 0.333. The van der Waals surface area contributed by atoms with Gasteiger partial charge in [-0.15, -0.1) is 0 Å². The van der Waals surface area contributed by atoms with E-state index < -0.39 is 11.9 Å². The zero-order chi connectivity index (χ0) is 17.7. The lowest BCUT2D eigenvalue weighted by Crippen LogP contribution is -2.44. The summed E-state index contributed by atoms with van der Waals surface area (Å²) in [4.78, 5) is 28.6. The molecule has 9 heteroatoms. The number of hydrogen-bond acceptors (Lipinski definition) is 4. The number of nitrogens with one attached hydrogen (secondary N) is 3. The second kappa shape index (κ2) is 8.12. The Morgan fingerprint density at radius 1 is 1.29 bits per heavy atom. The molecule has 0 spiro atoms. The van der Waals surface area contributed by atoms with Gasteiger partial charge in [-0.1, -0.05) is 37.0 Å². The second-order valence-corrected chi connectivity index (χ2v) is 6.45. The summed E-state index contributed by atoms with van der Waals surface area (Å²) in [5, 5.41) is 12.1. The molecular weight excluding hydrogens is 353 g/mol. The van der Waals surface area contributed by atoms with E-state index in [0.29, 0.717) is 11.4 Å². The average Bonchev–Trinajstić information content (AvgIpc) is 2.98. The van der Waals surface area contributed by atoms with E-state index in [1.165, 1.54) is 18.5 Å². The molecule has 1 unspecified atom stereocenters. The van der Waals surface area contributed by atoms with Gasteiger partial charge >= 0.3 is 0 Å². The fourth-order valence-electron chi connectivity index (χ4n) is 2.08. The average molecular weight is 370 g/mol. The molecule has 2 rings (SSSR count). The Kier molecular flexibility index (Phi) is 6.16. The molecule has 3 N–H and O–H groups in total. The van der Waals surface area contributed by atoms with Crippen LogP contribution in [0.3, 0.4) is 0 Å². The Labute approximate surface area is 149 Å². The van der Waals surface area contributed by atoms with Crippen LogP contribution in [0, 0.1) is 5.92 Å². The van der Waals surface area contributed by atoms with E-state index in [4.69, 9.17) is 23.2 Å². The Bertz CT molecular complexity index is 719. The summed E-state index contributed by atoms with van der Waals surface area (Å²) in [6.45, 7) is 3.91. The van der Waals surface area contributed by atoms with Crippen molar-refractivity contribution in [1.82, 2.24) is 20.5 Å². The number of anilines is 1. The van der Waals surface area contributed by atoms with Crippen LogP contribution in [-0.2, 0) is 4.79 Å². The number of carbonyl (C=O) groups excluding carboxylic acids is 2. The maximum absolute atomic E-state index is 12.4. The predicted octanol–water partition coefficient (Wildman–Crippen LogP) is 2.89. The van der Waals surface area contributed by atoms with Gasteiger partial charge in [0.1, 0.15) is 12.4 Å². The van der Waals surface area contributed by atoms with Crippen LogP contribution >= 0.6 is 23.2 Å². The summed E-state index contributed by atoms with van der Waals surface area (Å²) >= 11 is 11.9. The normalized spacial score (nSPS) is 12.0. The number of benzene rings is 1. The molecule has 0 saturated heterocycles. The van der Waals surface area contributed by atoms with Gasteiger partial charge < -0.3 is 5.32 Å². The number of aromatic amines is 1. The molecule has 0 saturated carbocycles. The standard InChI is InChI=1S/C15H17Cl2N5O2/c1-8(2)5-12(14(24)21-15-18-7-19-22-15)20-13(23)10-4-3-9(16)6-11(10)17/h3-4,6-8,12H,5H2,1-2H3,(H,20,23)(H2,18,19,21,22,24). The molecule has 2 amide bonds. The molecule has 24 heavy (non-hydrogen) atoms. The summed E-state index contributed by atoms with van der Waals surface area (Å²) in [7, 11) is 0. The van der Waals surface area contributed by atoms with Gasteiger partial charge in [0.15, 0.2) is 0 Å². The van der Waals surface area contributed by atoms with E-state index in [1.54, 1.807) is 6.07 Å². The van der Waals surface area contributed by atoms with Gasteiger partial charge in [0.25, 0.3) is 5.91 Å². The molecule has 0 fully saturated rings. The van der Waals surface area contributed by atoms with E-state index in [9.17, 15) is 9.59 Å². The highest BCUT2D eigenvalue weighted by Gasteiger charge is 2.24. The molecule has 0 radical (unpaired) electrons. The first kappa shape index (κ1) is 18.2. The van der Waals surface area contributed by atoms with E-state index >= 15 is 0 Å². The summed E-state index contributed by atoms with van der Waals surface area (Å²) in [6.07, 6.45) is 1.73. The monoisotopic (exact) mass is 369 g/mol. The van der Waals surface area contributed by atoms with E-state index in [-0.39, 0.29) is 28.4 Å². The fourth-order valence-corrected chi connectivity index (χ4v) is 2.58. The highest BCUT2D eigenvalue weighted by molar-refractivity contribution is 6.36. The van der Waals surface area contributed by atoms with Gasteiger partial charge in [-0.25, -0.2) is 5.10 Å². The lowest BCUT2D eigenvalue weighted by atomic mass is 10.0. The molecule has 0 aliphatic carbocycles. The third-order valence-electron chi connectivity index (χ3n) is 3.16. The lowest BCUT2D eigenvalue weighted by molar-refractivity contribution is -0.118. The Hall–Kier alpha value is -2.12. The van der Waals surface area contributed by atoms with Gasteiger partial charge in [-0.3, -0.25) is 14.9 Å². The minimum Gasteiger partial charge on any atom is -0.340 e. The smallest absolute Gasteiger partial charge is 0.253 e. The quantitative estimate of drug-likeness (QED) is 0.728. The van der Waals surface area contributed by atoms with Gasteiger partial charge in [-0.2, -0.15) is 10.1 Å². The largest absolute Gasteiger partial charge is 0.340 e. The molecule has 1 aromatic carbocycles. The van der Waals surface area contributed by atoms with Crippen LogP contribution in [0.5, 0.6) is 0 Å². The first-order chi connectivity index (χ1) is 11.4. The van der Waals surface area contributed by atoms with E-state index in [2.05, 4.69) is 25.8 Å². The van der Waals surface area contributed by atoms with Crippen LogP contribution < -0.4 is 10.6 Å². The highest BCUT2D eigenvalue weighted by Crippen LogP contribution is 2.21. The molecule has 1 aromatic heterocycles. The Morgan fingerprint density at radius 2 is 2.04 bits per heavy atom. The van der Waals surface area contributed by atoms with Crippen LogP contribution in [-0.4, -0.2) is 33.0 Å². The van der Waals surface area contributed by atoms with Crippen molar-refractivity contribution < 1.29 is 9.59 Å². The van der Waals surface area contributed by atoms with E-state index in [0.717, 1.165) is 0 Å². The Balaban J connectivity index is 2.12. The van der Waals surface area contributed by atoms with Crippen molar-refractivity contribution in [2.75, 3.05) is 5.32 Å². The molecular formula is C15H17Cl2N5O2. The van der Waals surface area contributed by atoms with Crippen molar-refractivity contribution in [3.8, 4) is 0 Å². The predicted molar refractivity (Wildman–Crippen MR) is 92.2 cm³/mol. The van der Waals surface area contributed by atoms with E-state index in [1.807, 2.05) is 13.8 Å². The second-order valence-electron chi connectivity index (χ2n) is 5.60. The molecule has 1 atom stereocenters. The first-order valence-electron chi connectivity index (χ1n) is 7.29. The summed E-state index contributed by atoms with van der Waals surface area (Å²) in [5.41, 5.74) is 0.252. The van der Waals surface area contributed by atoms with Crippen molar-refractivity contribution in [2.24, 2.45) is 5.92 Å². The van der Waals surface area contributed by atoms with Gasteiger partial charge in [-0.05, 0) is 30.5 Å². The number of carbonyl (C=O) groups is 2. The number of H-pyrrole nitrogens is 1. The minimum atomic E-state index is -0.741. The lowest BCUT2D eigenvalue weighted by Gasteiger charge is -2.19. The zero-order valence-corrected chi connectivity index (χ0v) is 14.6. The van der Waals surface area contributed by atoms with Crippen LogP contribution in [0.2, 0.25) is 10.0 Å². The maximum Gasteiger partial charge on any atom is 0.253 e. The van der Waals surface area contributed by atoms with Crippen molar-refractivity contribution in [1.29, 1.82) is 0 Å². The number of rotatable bonds is 6. The van der Waals surface area contributed by atoms with Crippen molar-refractivity contribution >= 4 is 41.0 Å². The van der Waals surface area contributed by atoms with Crippen LogP contribution in [0.4, 0.5) is 5.95 Å². The third kappa shape index (κ3) is 4.94. The molecule has 2 aromatic rings. The van der Waals surface area contributed by atoms with Gasteiger partial charge in [0.2, 0.25) is 11.9 Å². The number of aromatic nitrogens is 3. The number of amides is 2. The highest BCUT2D eigenvalue weighted by atomic mass is 35.5. The zero-order valence-electron chi connectivity index (χ0n) is 13.1. The number of nitrogens with zero attached hydrogens (tertiary/aromatic N) is 2. The first-order valence-corrected chi connectivity index (χ1v) is 8.04. The van der Waals surface area contributed by atoms with Crippen LogP contribution in [0.1, 0.15) is 30.6 Å². The summed E-state index contributed by atoms with van der Waals surface area (Å²) < 4.78 is 0.